The third-order valence-corrected chi connectivity index (χ3v) is 3.66. The van der Waals surface area contributed by atoms with Crippen molar-refractivity contribution in [2.45, 2.75) is 19.9 Å². The molecule has 0 spiro atoms. The molecule has 1 atom stereocenters. The van der Waals surface area contributed by atoms with Crippen LogP contribution in [-0.2, 0) is 9.53 Å². The number of phenols is 1. The Morgan fingerprint density at radius 2 is 2.13 bits per heavy atom. The van der Waals surface area contributed by atoms with Crippen LogP contribution in [0.2, 0.25) is 5.02 Å². The fraction of sp³-hybridized carbons (Fsp3) is 0.333. The lowest BCUT2D eigenvalue weighted by Crippen LogP contribution is -2.45. The summed E-state index contributed by atoms with van der Waals surface area (Å²) in [5, 5.41) is 15.1. The van der Waals surface area contributed by atoms with Gasteiger partial charge in [-0.1, -0.05) is 11.6 Å². The summed E-state index contributed by atoms with van der Waals surface area (Å²) in [4.78, 5) is 24.0. The van der Waals surface area contributed by atoms with Crippen molar-refractivity contribution in [1.82, 2.24) is 10.6 Å². The maximum atomic E-state index is 12.2. The molecule has 0 bridgehead atoms. The highest BCUT2D eigenvalue weighted by Gasteiger charge is 2.33. The van der Waals surface area contributed by atoms with Crippen molar-refractivity contribution in [2.24, 2.45) is 0 Å². The molecule has 1 aliphatic rings. The number of hydrogen-bond acceptors (Lipinski definition) is 5. The second kappa shape index (κ2) is 6.78. The summed E-state index contributed by atoms with van der Waals surface area (Å²) in [6.07, 6.45) is 0. The maximum absolute atomic E-state index is 12.2. The monoisotopic (exact) mass is 340 g/mol. The molecule has 0 saturated carbocycles. The van der Waals surface area contributed by atoms with Crippen LogP contribution in [0.4, 0.5) is 4.79 Å². The number of hydrogen-bond donors (Lipinski definition) is 3. The molecule has 1 heterocycles. The third-order valence-electron chi connectivity index (χ3n) is 3.37. The van der Waals surface area contributed by atoms with Crippen molar-refractivity contribution in [3.63, 3.8) is 0 Å². The number of aromatic hydroxyl groups is 1. The molecule has 2 rings (SSSR count). The van der Waals surface area contributed by atoms with Gasteiger partial charge in [-0.15, -0.1) is 0 Å². The summed E-state index contributed by atoms with van der Waals surface area (Å²) in [7, 11) is 1.38. The van der Waals surface area contributed by atoms with E-state index in [1.807, 2.05) is 0 Å². The van der Waals surface area contributed by atoms with E-state index in [1.54, 1.807) is 13.8 Å². The van der Waals surface area contributed by atoms with E-state index < -0.39 is 18.0 Å². The van der Waals surface area contributed by atoms with E-state index >= 15 is 0 Å². The number of esters is 1. The minimum absolute atomic E-state index is 0.0491. The minimum Gasteiger partial charge on any atom is -0.503 e. The van der Waals surface area contributed by atoms with Crippen LogP contribution in [-0.4, -0.2) is 30.8 Å². The van der Waals surface area contributed by atoms with Crippen LogP contribution in [0.5, 0.6) is 11.5 Å². The van der Waals surface area contributed by atoms with Crippen molar-refractivity contribution < 1.29 is 24.2 Å². The molecule has 0 saturated heterocycles. The predicted molar refractivity (Wildman–Crippen MR) is 83.4 cm³/mol. The molecule has 8 heteroatoms. The van der Waals surface area contributed by atoms with E-state index in [1.165, 1.54) is 19.2 Å². The van der Waals surface area contributed by atoms with Crippen LogP contribution < -0.4 is 15.4 Å². The Labute approximate surface area is 138 Å². The number of carbonyl (C=O) groups excluding carboxylic acids is 2. The van der Waals surface area contributed by atoms with Gasteiger partial charge in [-0.25, -0.2) is 9.59 Å². The number of phenolic OH excluding ortho intramolecular Hbond substituents is 1. The largest absolute Gasteiger partial charge is 0.503 e. The highest BCUT2D eigenvalue weighted by Crippen LogP contribution is 2.39. The first-order chi connectivity index (χ1) is 10.9. The van der Waals surface area contributed by atoms with Crippen LogP contribution >= 0.6 is 11.6 Å². The lowest BCUT2D eigenvalue weighted by Gasteiger charge is -2.28. The van der Waals surface area contributed by atoms with Crippen molar-refractivity contribution >= 4 is 23.6 Å². The van der Waals surface area contributed by atoms with Crippen LogP contribution in [0, 0.1) is 0 Å². The fourth-order valence-electron chi connectivity index (χ4n) is 2.34. The number of allylic oxidation sites excluding steroid dienone is 1. The summed E-state index contributed by atoms with van der Waals surface area (Å²) < 4.78 is 10.1. The molecule has 2 amide bonds. The standard InChI is InChI=1S/C15H17ClN2O5/c1-4-23-14(20)11-7(2)17-15(21)18-12(11)8-5-9(16)13(19)10(6-8)22-3/h5-6,12,19H,4H2,1-3H3,(H2,17,18,21). The molecule has 0 fully saturated rings. The molecular formula is C15H17ClN2O5. The Kier molecular flexibility index (Phi) is 5.00. The van der Waals surface area contributed by atoms with Crippen LogP contribution in [0.25, 0.3) is 0 Å². The smallest absolute Gasteiger partial charge is 0.338 e. The van der Waals surface area contributed by atoms with Gasteiger partial charge in [0.25, 0.3) is 0 Å². The zero-order valence-electron chi connectivity index (χ0n) is 12.9. The molecule has 124 valence electrons. The van der Waals surface area contributed by atoms with E-state index in [4.69, 9.17) is 21.1 Å². The zero-order chi connectivity index (χ0) is 17.1. The minimum atomic E-state index is -0.769. The Hall–Kier alpha value is -2.41. The molecule has 1 aromatic rings. The molecule has 23 heavy (non-hydrogen) atoms. The molecule has 1 aliphatic heterocycles. The number of methoxy groups -OCH3 is 1. The van der Waals surface area contributed by atoms with E-state index in [9.17, 15) is 14.7 Å². The van der Waals surface area contributed by atoms with Gasteiger partial charge in [0.05, 0.1) is 30.4 Å². The van der Waals surface area contributed by atoms with Gasteiger partial charge in [0.15, 0.2) is 11.5 Å². The summed E-state index contributed by atoms with van der Waals surface area (Å²) >= 11 is 5.99. The number of urea groups is 1. The van der Waals surface area contributed by atoms with Gasteiger partial charge in [0, 0.05) is 5.70 Å². The number of nitrogens with one attached hydrogen (secondary N) is 2. The Morgan fingerprint density at radius 1 is 1.43 bits per heavy atom. The number of amides is 2. The van der Waals surface area contributed by atoms with Crippen LogP contribution in [0.1, 0.15) is 25.5 Å². The number of halogens is 1. The van der Waals surface area contributed by atoms with E-state index in [0.717, 1.165) is 0 Å². The van der Waals surface area contributed by atoms with Gasteiger partial charge in [-0.2, -0.15) is 0 Å². The average Bonchev–Trinajstić information content (AvgIpc) is 2.49. The summed E-state index contributed by atoms with van der Waals surface area (Å²) in [5.74, 6) is -0.622. The summed E-state index contributed by atoms with van der Waals surface area (Å²) in [6.45, 7) is 3.51. The first-order valence-corrected chi connectivity index (χ1v) is 7.28. The van der Waals surface area contributed by atoms with E-state index in [-0.39, 0.29) is 28.7 Å². The molecule has 0 radical (unpaired) electrons. The molecule has 0 aliphatic carbocycles. The van der Waals surface area contributed by atoms with Gasteiger partial charge in [-0.3, -0.25) is 0 Å². The predicted octanol–water partition coefficient (Wildman–Crippen LogP) is 2.25. The second-order valence-electron chi connectivity index (χ2n) is 4.84. The topological polar surface area (TPSA) is 96.9 Å². The molecule has 7 nitrogen and oxygen atoms in total. The van der Waals surface area contributed by atoms with Gasteiger partial charge in [-0.05, 0) is 31.5 Å². The van der Waals surface area contributed by atoms with Crippen LogP contribution in [0.15, 0.2) is 23.4 Å². The van der Waals surface area contributed by atoms with Crippen molar-refractivity contribution in [2.75, 3.05) is 13.7 Å². The normalized spacial score (nSPS) is 17.4. The SMILES string of the molecule is CCOC(=O)C1=C(C)NC(=O)NC1c1cc(Cl)c(O)c(OC)c1. The van der Waals surface area contributed by atoms with Gasteiger partial charge in [0.2, 0.25) is 0 Å². The van der Waals surface area contributed by atoms with E-state index in [0.29, 0.717) is 11.3 Å². The number of carbonyl (C=O) groups is 2. The van der Waals surface area contributed by atoms with Gasteiger partial charge in [0.1, 0.15) is 0 Å². The molecule has 1 unspecified atom stereocenters. The molecular weight excluding hydrogens is 324 g/mol. The number of benzene rings is 1. The molecule has 0 aromatic heterocycles. The fourth-order valence-corrected chi connectivity index (χ4v) is 2.56. The summed E-state index contributed by atoms with van der Waals surface area (Å²) in [5.41, 5.74) is 1.14. The van der Waals surface area contributed by atoms with Gasteiger partial charge < -0.3 is 25.2 Å². The quantitative estimate of drug-likeness (QED) is 0.730. The lowest BCUT2D eigenvalue weighted by atomic mass is 9.95. The van der Waals surface area contributed by atoms with Crippen molar-refractivity contribution in [3.8, 4) is 11.5 Å². The Balaban J connectivity index is 2.54. The first-order valence-electron chi connectivity index (χ1n) is 6.90. The van der Waals surface area contributed by atoms with Crippen molar-refractivity contribution in [1.29, 1.82) is 0 Å². The lowest BCUT2D eigenvalue weighted by molar-refractivity contribution is -0.139. The highest BCUT2D eigenvalue weighted by molar-refractivity contribution is 6.32. The molecule has 3 N–H and O–H groups in total. The maximum Gasteiger partial charge on any atom is 0.338 e. The highest BCUT2D eigenvalue weighted by atomic mass is 35.5. The van der Waals surface area contributed by atoms with E-state index in [2.05, 4.69) is 10.6 Å². The molecule has 1 aromatic carbocycles. The van der Waals surface area contributed by atoms with Crippen molar-refractivity contribution in [3.05, 3.63) is 34.0 Å². The number of rotatable bonds is 4. The number of ether oxygens (including phenoxy) is 2. The Morgan fingerprint density at radius 3 is 2.74 bits per heavy atom. The average molecular weight is 341 g/mol. The summed E-state index contributed by atoms with van der Waals surface area (Å²) in [6, 6.07) is 1.74. The van der Waals surface area contributed by atoms with Crippen LogP contribution in [0.3, 0.4) is 0 Å². The third kappa shape index (κ3) is 3.34. The zero-order valence-corrected chi connectivity index (χ0v) is 13.7. The Bertz CT molecular complexity index is 687. The van der Waals surface area contributed by atoms with Gasteiger partial charge >= 0.3 is 12.0 Å². The second-order valence-corrected chi connectivity index (χ2v) is 5.25. The first kappa shape index (κ1) is 17.0.